The zero-order valence-corrected chi connectivity index (χ0v) is 9.67. The second-order valence-electron chi connectivity index (χ2n) is 3.31. The molecule has 0 aliphatic rings. The van der Waals surface area contributed by atoms with Crippen LogP contribution in [0, 0.1) is 0 Å². The lowest BCUT2D eigenvalue weighted by molar-refractivity contribution is 0.0731. The first-order chi connectivity index (χ1) is 7.29. The number of rotatable bonds is 6. The molecule has 0 aliphatic carbocycles. The summed E-state index contributed by atoms with van der Waals surface area (Å²) in [4.78, 5) is 13.6. The van der Waals surface area contributed by atoms with Gasteiger partial charge in [0.2, 0.25) is 0 Å². The smallest absolute Gasteiger partial charge is 0.289 e. The zero-order chi connectivity index (χ0) is 11.1. The molecule has 0 N–H and O–H groups in total. The number of alkyl halides is 1. The van der Waals surface area contributed by atoms with Crippen LogP contribution in [-0.2, 0) is 0 Å². The molecule has 0 atom stereocenters. The molecule has 0 bridgehead atoms. The van der Waals surface area contributed by atoms with Crippen LogP contribution in [0.5, 0.6) is 0 Å². The van der Waals surface area contributed by atoms with Gasteiger partial charge in [-0.3, -0.25) is 4.79 Å². The van der Waals surface area contributed by atoms with Gasteiger partial charge < -0.3 is 9.32 Å². The largest absolute Gasteiger partial charge is 0.459 e. The summed E-state index contributed by atoms with van der Waals surface area (Å²) in [7, 11) is 0. The maximum atomic E-state index is 11.9. The third-order valence-electron chi connectivity index (χ3n) is 2.16. The molecule has 1 aromatic heterocycles. The van der Waals surface area contributed by atoms with Crippen LogP contribution < -0.4 is 0 Å². The molecule has 0 unspecified atom stereocenters. The highest BCUT2D eigenvalue weighted by molar-refractivity contribution is 6.18. The number of carbonyl (C=O) groups is 1. The summed E-state index contributed by atoms with van der Waals surface area (Å²) in [6, 6.07) is 3.39. The molecular formula is C11H16ClNO2. The van der Waals surface area contributed by atoms with Gasteiger partial charge >= 0.3 is 0 Å². The topological polar surface area (TPSA) is 33.5 Å². The Morgan fingerprint density at radius 3 is 2.87 bits per heavy atom. The molecule has 84 valence electrons. The van der Waals surface area contributed by atoms with Gasteiger partial charge in [0.25, 0.3) is 5.91 Å². The number of amides is 1. The number of furan rings is 1. The van der Waals surface area contributed by atoms with Crippen molar-refractivity contribution in [2.75, 3.05) is 19.0 Å². The molecule has 1 heterocycles. The van der Waals surface area contributed by atoms with Gasteiger partial charge in [0, 0.05) is 19.0 Å². The van der Waals surface area contributed by atoms with E-state index in [9.17, 15) is 4.79 Å². The van der Waals surface area contributed by atoms with Crippen LogP contribution in [-0.4, -0.2) is 29.8 Å². The van der Waals surface area contributed by atoms with E-state index >= 15 is 0 Å². The highest BCUT2D eigenvalue weighted by Gasteiger charge is 2.16. The Morgan fingerprint density at radius 1 is 1.53 bits per heavy atom. The van der Waals surface area contributed by atoms with Crippen LogP contribution in [0.1, 0.15) is 30.3 Å². The van der Waals surface area contributed by atoms with Crippen molar-refractivity contribution < 1.29 is 9.21 Å². The summed E-state index contributed by atoms with van der Waals surface area (Å²) in [6.07, 6.45) is 3.56. The lowest BCUT2D eigenvalue weighted by atomic mass is 10.3. The van der Waals surface area contributed by atoms with E-state index in [0.717, 1.165) is 19.4 Å². The van der Waals surface area contributed by atoms with Gasteiger partial charge in [0.15, 0.2) is 5.76 Å². The summed E-state index contributed by atoms with van der Waals surface area (Å²) in [5.74, 6) is 0.765. The third kappa shape index (κ3) is 3.59. The SMILES string of the molecule is CCCCN(CCCl)C(=O)c1ccco1. The van der Waals surface area contributed by atoms with E-state index in [1.54, 1.807) is 17.0 Å². The monoisotopic (exact) mass is 229 g/mol. The highest BCUT2D eigenvalue weighted by Crippen LogP contribution is 2.07. The molecule has 15 heavy (non-hydrogen) atoms. The van der Waals surface area contributed by atoms with E-state index in [4.69, 9.17) is 16.0 Å². The van der Waals surface area contributed by atoms with Crippen LogP contribution in [0.3, 0.4) is 0 Å². The molecule has 4 heteroatoms. The minimum atomic E-state index is -0.0749. The number of hydrogen-bond donors (Lipinski definition) is 0. The second-order valence-corrected chi connectivity index (χ2v) is 3.69. The van der Waals surface area contributed by atoms with Gasteiger partial charge in [-0.1, -0.05) is 13.3 Å². The fourth-order valence-corrected chi connectivity index (χ4v) is 1.53. The first-order valence-electron chi connectivity index (χ1n) is 5.18. The predicted molar refractivity (Wildman–Crippen MR) is 60.2 cm³/mol. The Bertz CT molecular complexity index is 285. The molecule has 1 amide bonds. The average molecular weight is 230 g/mol. The van der Waals surface area contributed by atoms with E-state index in [2.05, 4.69) is 6.92 Å². The summed E-state index contributed by atoms with van der Waals surface area (Å²) in [6.45, 7) is 3.40. The molecule has 0 saturated carbocycles. The third-order valence-corrected chi connectivity index (χ3v) is 2.32. The van der Waals surface area contributed by atoms with Crippen molar-refractivity contribution in [3.63, 3.8) is 0 Å². The fourth-order valence-electron chi connectivity index (χ4n) is 1.32. The number of nitrogens with zero attached hydrogens (tertiary/aromatic N) is 1. The van der Waals surface area contributed by atoms with Crippen molar-refractivity contribution >= 4 is 17.5 Å². The van der Waals surface area contributed by atoms with Crippen LogP contribution in [0.15, 0.2) is 22.8 Å². The maximum Gasteiger partial charge on any atom is 0.289 e. The summed E-state index contributed by atoms with van der Waals surface area (Å²) in [5, 5.41) is 0. The van der Waals surface area contributed by atoms with E-state index < -0.39 is 0 Å². The molecule has 0 spiro atoms. The molecule has 3 nitrogen and oxygen atoms in total. The summed E-state index contributed by atoms with van der Waals surface area (Å²) < 4.78 is 5.07. The highest BCUT2D eigenvalue weighted by atomic mass is 35.5. The molecule has 1 rings (SSSR count). The average Bonchev–Trinajstić information content (AvgIpc) is 2.76. The van der Waals surface area contributed by atoms with Crippen LogP contribution in [0.4, 0.5) is 0 Å². The van der Waals surface area contributed by atoms with Crippen molar-refractivity contribution in [3.8, 4) is 0 Å². The molecule has 0 saturated heterocycles. The Kier molecular flexibility index (Phi) is 5.26. The Labute approximate surface area is 95.0 Å². The van der Waals surface area contributed by atoms with Gasteiger partial charge in [0.1, 0.15) is 0 Å². The van der Waals surface area contributed by atoms with Crippen molar-refractivity contribution in [2.45, 2.75) is 19.8 Å². The first kappa shape index (κ1) is 12.1. The van der Waals surface area contributed by atoms with Crippen molar-refractivity contribution in [3.05, 3.63) is 24.2 Å². The maximum absolute atomic E-state index is 11.9. The second kappa shape index (κ2) is 6.51. The number of hydrogen-bond acceptors (Lipinski definition) is 2. The molecule has 0 fully saturated rings. The molecule has 0 aromatic carbocycles. The Balaban J connectivity index is 2.58. The Morgan fingerprint density at radius 2 is 2.33 bits per heavy atom. The molecule has 0 aliphatic heterocycles. The van der Waals surface area contributed by atoms with Crippen LogP contribution in [0.25, 0.3) is 0 Å². The fraction of sp³-hybridized carbons (Fsp3) is 0.545. The van der Waals surface area contributed by atoms with Gasteiger partial charge in [-0.2, -0.15) is 0 Å². The number of halogens is 1. The van der Waals surface area contributed by atoms with Gasteiger partial charge in [-0.25, -0.2) is 0 Å². The van der Waals surface area contributed by atoms with E-state index in [0.29, 0.717) is 18.2 Å². The van der Waals surface area contributed by atoms with Crippen molar-refractivity contribution in [1.82, 2.24) is 4.90 Å². The predicted octanol–water partition coefficient (Wildman–Crippen LogP) is 2.76. The Hall–Kier alpha value is -0.960. The first-order valence-corrected chi connectivity index (χ1v) is 5.71. The van der Waals surface area contributed by atoms with Gasteiger partial charge in [-0.05, 0) is 18.6 Å². The normalized spacial score (nSPS) is 10.3. The van der Waals surface area contributed by atoms with Crippen LogP contribution >= 0.6 is 11.6 Å². The van der Waals surface area contributed by atoms with E-state index in [-0.39, 0.29) is 5.91 Å². The molecular weight excluding hydrogens is 214 g/mol. The summed E-state index contributed by atoms with van der Waals surface area (Å²) in [5.41, 5.74) is 0. The van der Waals surface area contributed by atoms with E-state index in [1.807, 2.05) is 0 Å². The zero-order valence-electron chi connectivity index (χ0n) is 8.91. The van der Waals surface area contributed by atoms with Gasteiger partial charge in [0.05, 0.1) is 6.26 Å². The minimum Gasteiger partial charge on any atom is -0.459 e. The molecule has 0 radical (unpaired) electrons. The quantitative estimate of drug-likeness (QED) is 0.703. The van der Waals surface area contributed by atoms with Crippen molar-refractivity contribution in [1.29, 1.82) is 0 Å². The van der Waals surface area contributed by atoms with Crippen molar-refractivity contribution in [2.24, 2.45) is 0 Å². The minimum absolute atomic E-state index is 0.0749. The standard InChI is InChI=1S/C11H16ClNO2/c1-2-3-7-13(8-6-12)11(14)10-5-4-9-15-10/h4-5,9H,2-3,6-8H2,1H3. The lowest BCUT2D eigenvalue weighted by Crippen LogP contribution is -2.33. The molecule has 1 aromatic rings. The van der Waals surface area contributed by atoms with Gasteiger partial charge in [-0.15, -0.1) is 11.6 Å². The number of carbonyl (C=O) groups excluding carboxylic acids is 1. The van der Waals surface area contributed by atoms with Crippen LogP contribution in [0.2, 0.25) is 0 Å². The summed E-state index contributed by atoms with van der Waals surface area (Å²) >= 11 is 5.66. The lowest BCUT2D eigenvalue weighted by Gasteiger charge is -2.19. The number of unbranched alkanes of at least 4 members (excludes halogenated alkanes) is 1. The van der Waals surface area contributed by atoms with E-state index in [1.165, 1.54) is 6.26 Å².